The molecule has 0 saturated carbocycles. The van der Waals surface area contributed by atoms with Gasteiger partial charge in [0.25, 0.3) is 0 Å². The Kier molecular flexibility index (Phi) is 3.66. The Morgan fingerprint density at radius 2 is 2.57 bits per heavy atom. The molecule has 0 atom stereocenters. The summed E-state index contributed by atoms with van der Waals surface area (Å²) in [6.45, 7) is 2.34. The van der Waals surface area contributed by atoms with Crippen LogP contribution in [0.1, 0.15) is 17.4 Å². The summed E-state index contributed by atoms with van der Waals surface area (Å²) in [4.78, 5) is 12.3. The van der Waals surface area contributed by atoms with E-state index in [1.54, 1.807) is 0 Å². The molecule has 1 aromatic heterocycles. The van der Waals surface area contributed by atoms with Crippen molar-refractivity contribution in [3.05, 3.63) is 18.0 Å². The Balaban J connectivity index is 2.77. The molecule has 0 unspecified atom stereocenters. The third-order valence-electron chi connectivity index (χ3n) is 1.42. The monoisotopic (exact) mass is 197 g/mol. The molecule has 76 valence electrons. The molecule has 1 rings (SSSR count). The topological polar surface area (TPSA) is 65.7 Å². The molecule has 0 aliphatic heterocycles. The van der Waals surface area contributed by atoms with Gasteiger partial charge in [0, 0.05) is 0 Å². The lowest BCUT2D eigenvalue weighted by molar-refractivity contribution is 0.0588. The number of aromatic nitrogens is 2. The molecule has 0 spiro atoms. The fourth-order valence-corrected chi connectivity index (χ4v) is 0.795. The first kappa shape index (κ1) is 10.2. The van der Waals surface area contributed by atoms with Crippen LogP contribution in [0.25, 0.3) is 0 Å². The van der Waals surface area contributed by atoms with E-state index in [4.69, 9.17) is 4.74 Å². The zero-order valence-electron chi connectivity index (χ0n) is 8.01. The van der Waals surface area contributed by atoms with Crippen molar-refractivity contribution < 1.29 is 14.3 Å². The molecule has 1 heterocycles. The molecule has 14 heavy (non-hydrogen) atoms. The lowest BCUT2D eigenvalue weighted by Gasteiger charge is -1.98. The SMILES string of the molecule is CCO/C=N\n1nccc1C(=O)OC. The van der Waals surface area contributed by atoms with Gasteiger partial charge in [-0.15, -0.1) is 9.89 Å². The normalized spacial score (nSPS) is 10.4. The molecule has 0 N–H and O–H groups in total. The van der Waals surface area contributed by atoms with Gasteiger partial charge >= 0.3 is 5.97 Å². The summed E-state index contributed by atoms with van der Waals surface area (Å²) < 4.78 is 9.40. The first-order chi connectivity index (χ1) is 6.79. The number of carbonyl (C=O) groups is 1. The van der Waals surface area contributed by atoms with Gasteiger partial charge in [0.05, 0.1) is 19.9 Å². The van der Waals surface area contributed by atoms with E-state index in [0.29, 0.717) is 6.61 Å². The molecular formula is C8H11N3O3. The largest absolute Gasteiger partial charge is 0.482 e. The molecule has 0 radical (unpaired) electrons. The molecule has 0 aliphatic carbocycles. The molecule has 6 nitrogen and oxygen atoms in total. The number of hydrogen-bond acceptors (Lipinski definition) is 5. The van der Waals surface area contributed by atoms with E-state index >= 15 is 0 Å². The van der Waals surface area contributed by atoms with Crippen molar-refractivity contribution in [3.8, 4) is 0 Å². The fourth-order valence-electron chi connectivity index (χ4n) is 0.795. The molecule has 0 aliphatic rings. The highest BCUT2D eigenvalue weighted by Crippen LogP contribution is 1.99. The number of ether oxygens (including phenoxy) is 2. The van der Waals surface area contributed by atoms with Crippen LogP contribution in [-0.2, 0) is 9.47 Å². The van der Waals surface area contributed by atoms with Crippen LogP contribution < -0.4 is 0 Å². The van der Waals surface area contributed by atoms with E-state index in [1.165, 1.54) is 25.8 Å². The first-order valence-electron chi connectivity index (χ1n) is 4.06. The smallest absolute Gasteiger partial charge is 0.358 e. The maximum Gasteiger partial charge on any atom is 0.358 e. The highest BCUT2D eigenvalue weighted by atomic mass is 16.5. The Hall–Kier alpha value is -1.85. The number of hydrogen-bond donors (Lipinski definition) is 0. The van der Waals surface area contributed by atoms with Crippen LogP contribution >= 0.6 is 0 Å². The first-order valence-corrected chi connectivity index (χ1v) is 4.06. The predicted octanol–water partition coefficient (Wildman–Crippen LogP) is 0.498. The van der Waals surface area contributed by atoms with Crippen molar-refractivity contribution in [1.82, 2.24) is 9.89 Å². The summed E-state index contributed by atoms with van der Waals surface area (Å²) in [6.07, 6.45) is 2.68. The molecule has 1 aromatic rings. The highest BCUT2D eigenvalue weighted by molar-refractivity contribution is 5.87. The molecule has 0 fully saturated rings. The van der Waals surface area contributed by atoms with Gasteiger partial charge in [-0.25, -0.2) is 4.79 Å². The molecule has 0 saturated heterocycles. The van der Waals surface area contributed by atoms with E-state index in [-0.39, 0.29) is 5.69 Å². The standard InChI is InChI=1S/C8H11N3O3/c1-3-14-6-10-11-7(4-5-9-11)8(12)13-2/h4-6H,3H2,1-2H3/b10-6-. The van der Waals surface area contributed by atoms with Crippen molar-refractivity contribution >= 4 is 12.4 Å². The maximum atomic E-state index is 11.1. The fraction of sp³-hybridized carbons (Fsp3) is 0.375. The van der Waals surface area contributed by atoms with Crippen LogP contribution in [0.2, 0.25) is 0 Å². The second-order valence-electron chi connectivity index (χ2n) is 2.27. The number of esters is 1. The van der Waals surface area contributed by atoms with Gasteiger partial charge in [-0.05, 0) is 13.0 Å². The second-order valence-corrected chi connectivity index (χ2v) is 2.27. The predicted molar refractivity (Wildman–Crippen MR) is 49.1 cm³/mol. The third-order valence-corrected chi connectivity index (χ3v) is 1.42. The molecule has 0 aromatic carbocycles. The summed E-state index contributed by atoms with van der Waals surface area (Å²) in [5.41, 5.74) is 0.253. The van der Waals surface area contributed by atoms with E-state index in [2.05, 4.69) is 14.9 Å². The van der Waals surface area contributed by atoms with Gasteiger partial charge in [0.15, 0.2) is 12.1 Å². The van der Waals surface area contributed by atoms with E-state index in [0.717, 1.165) is 4.79 Å². The van der Waals surface area contributed by atoms with Gasteiger partial charge in [0.2, 0.25) is 0 Å². The van der Waals surface area contributed by atoms with Crippen molar-refractivity contribution in [2.45, 2.75) is 6.92 Å². The minimum atomic E-state index is -0.490. The summed E-state index contributed by atoms with van der Waals surface area (Å²) >= 11 is 0. The molecular weight excluding hydrogens is 186 g/mol. The molecule has 6 heteroatoms. The van der Waals surface area contributed by atoms with Crippen LogP contribution in [-0.4, -0.2) is 36.0 Å². The Morgan fingerprint density at radius 1 is 1.79 bits per heavy atom. The van der Waals surface area contributed by atoms with E-state index in [9.17, 15) is 4.79 Å². The van der Waals surface area contributed by atoms with Crippen LogP contribution in [0.5, 0.6) is 0 Å². The minimum absolute atomic E-state index is 0.253. The van der Waals surface area contributed by atoms with Gasteiger partial charge < -0.3 is 9.47 Å². The average Bonchev–Trinajstić information content (AvgIpc) is 2.65. The van der Waals surface area contributed by atoms with Crippen LogP contribution in [0.4, 0.5) is 0 Å². The number of rotatable bonds is 4. The Labute approximate surface area is 81.1 Å². The van der Waals surface area contributed by atoms with Crippen LogP contribution in [0, 0.1) is 0 Å². The average molecular weight is 197 g/mol. The van der Waals surface area contributed by atoms with Gasteiger partial charge in [-0.2, -0.15) is 5.10 Å². The minimum Gasteiger partial charge on any atom is -0.482 e. The summed E-state index contributed by atoms with van der Waals surface area (Å²) in [5, 5.41) is 7.58. The summed E-state index contributed by atoms with van der Waals surface area (Å²) in [6, 6.07) is 1.51. The van der Waals surface area contributed by atoms with Gasteiger partial charge in [-0.3, -0.25) is 0 Å². The zero-order valence-corrected chi connectivity index (χ0v) is 8.01. The van der Waals surface area contributed by atoms with Gasteiger partial charge in [-0.1, -0.05) is 0 Å². The maximum absolute atomic E-state index is 11.1. The van der Waals surface area contributed by atoms with Gasteiger partial charge in [0.1, 0.15) is 0 Å². The number of carbonyl (C=O) groups excluding carboxylic acids is 1. The summed E-state index contributed by atoms with van der Waals surface area (Å²) in [7, 11) is 1.30. The molecule has 0 bridgehead atoms. The van der Waals surface area contributed by atoms with E-state index < -0.39 is 5.97 Å². The van der Waals surface area contributed by atoms with Crippen molar-refractivity contribution in [3.63, 3.8) is 0 Å². The van der Waals surface area contributed by atoms with Crippen LogP contribution in [0.3, 0.4) is 0 Å². The lowest BCUT2D eigenvalue weighted by Crippen LogP contribution is -2.08. The zero-order chi connectivity index (χ0) is 10.4. The highest BCUT2D eigenvalue weighted by Gasteiger charge is 2.10. The van der Waals surface area contributed by atoms with Crippen molar-refractivity contribution in [2.75, 3.05) is 13.7 Å². The van der Waals surface area contributed by atoms with Crippen LogP contribution in [0.15, 0.2) is 17.4 Å². The molecule has 0 amide bonds. The number of methoxy groups -OCH3 is 1. The Morgan fingerprint density at radius 3 is 3.21 bits per heavy atom. The summed E-state index contributed by atoms with van der Waals surface area (Å²) in [5.74, 6) is -0.490. The quantitative estimate of drug-likeness (QED) is 0.400. The van der Waals surface area contributed by atoms with Crippen molar-refractivity contribution in [1.29, 1.82) is 0 Å². The number of nitrogens with zero attached hydrogens (tertiary/aromatic N) is 3. The second kappa shape index (κ2) is 5.00. The van der Waals surface area contributed by atoms with E-state index in [1.807, 2.05) is 6.92 Å². The lowest BCUT2D eigenvalue weighted by atomic mass is 10.4. The third kappa shape index (κ3) is 2.32. The van der Waals surface area contributed by atoms with Crippen molar-refractivity contribution in [2.24, 2.45) is 5.10 Å². The Bertz CT molecular complexity index is 332.